The molecular formula is C26H54N2O5S. The van der Waals surface area contributed by atoms with Crippen LogP contribution in [0.2, 0.25) is 0 Å². The van der Waals surface area contributed by atoms with E-state index in [9.17, 15) is 18.1 Å². The van der Waals surface area contributed by atoms with Gasteiger partial charge in [0, 0.05) is 6.42 Å². The summed E-state index contributed by atoms with van der Waals surface area (Å²) in [4.78, 5) is 4.76. The third-order valence-electron chi connectivity index (χ3n) is 6.70. The molecule has 0 saturated carbocycles. The summed E-state index contributed by atoms with van der Waals surface area (Å²) in [5, 5.41) is 9.37. The van der Waals surface area contributed by atoms with E-state index < -0.39 is 10.4 Å². The summed E-state index contributed by atoms with van der Waals surface area (Å²) < 4.78 is 33.0. The lowest BCUT2D eigenvalue weighted by molar-refractivity contribution is -0.835. The van der Waals surface area contributed by atoms with Crippen molar-refractivity contribution in [2.24, 2.45) is 10.9 Å². The quantitative estimate of drug-likeness (QED) is 0.0969. The van der Waals surface area contributed by atoms with E-state index in [0.29, 0.717) is 0 Å². The predicted molar refractivity (Wildman–Crippen MR) is 141 cm³/mol. The molecule has 0 radical (unpaired) electrons. The monoisotopic (exact) mass is 506 g/mol. The van der Waals surface area contributed by atoms with Crippen LogP contribution in [0.1, 0.15) is 118 Å². The van der Waals surface area contributed by atoms with Gasteiger partial charge in [0.15, 0.2) is 5.84 Å². The Balaban J connectivity index is 0.00000135. The van der Waals surface area contributed by atoms with Gasteiger partial charge in [-0.3, -0.25) is 8.67 Å². The number of aliphatic hydroxyl groups is 1. The molecule has 1 unspecified atom stereocenters. The fourth-order valence-corrected chi connectivity index (χ4v) is 4.93. The standard InChI is InChI=1S/C24H49N2O.C2H6O4S/c1-4-26(21-22-27)20-19-25-24(26)18-16-14-12-10-8-6-5-7-9-11-13-15-17-23(2)3;1-2-6-7(3,4)5/h23,27H,4-22H2,1-3H3;2H2,1H3,(H,3,4,5)/q+1;/p-1. The lowest BCUT2D eigenvalue weighted by atomic mass is 10.0. The SMILES string of the molecule is CCOS(=O)(=O)[O-].CC[N+]1(CCO)CCN=C1CCCCCCCCCCCCCCC(C)C. The van der Waals surface area contributed by atoms with Crippen molar-refractivity contribution in [3.8, 4) is 0 Å². The Bertz CT molecular complexity index is 610. The first kappa shape index (κ1) is 33.5. The Morgan fingerprint density at radius 3 is 1.82 bits per heavy atom. The zero-order valence-electron chi connectivity index (χ0n) is 22.6. The maximum atomic E-state index is 9.45. The van der Waals surface area contributed by atoms with Crippen LogP contribution in [0.4, 0.5) is 0 Å². The Labute approximate surface area is 210 Å². The summed E-state index contributed by atoms with van der Waals surface area (Å²) in [5.74, 6) is 2.24. The first-order valence-electron chi connectivity index (χ1n) is 13.8. The van der Waals surface area contributed by atoms with Crippen LogP contribution in [0.5, 0.6) is 0 Å². The zero-order valence-corrected chi connectivity index (χ0v) is 23.4. The molecule has 1 atom stereocenters. The average molecular weight is 507 g/mol. The van der Waals surface area contributed by atoms with Gasteiger partial charge < -0.3 is 9.66 Å². The fraction of sp³-hybridized carbons (Fsp3) is 0.962. The van der Waals surface area contributed by atoms with Gasteiger partial charge in [-0.15, -0.1) is 0 Å². The van der Waals surface area contributed by atoms with Crippen LogP contribution in [0.3, 0.4) is 0 Å². The number of quaternary nitrogens is 1. The molecule has 1 N–H and O–H groups in total. The molecule has 1 rings (SSSR count). The molecule has 1 aliphatic rings. The van der Waals surface area contributed by atoms with Gasteiger partial charge in [-0.05, 0) is 26.2 Å². The molecule has 8 heteroatoms. The van der Waals surface area contributed by atoms with E-state index >= 15 is 0 Å². The zero-order chi connectivity index (χ0) is 25.7. The van der Waals surface area contributed by atoms with Crippen LogP contribution in [0.15, 0.2) is 4.99 Å². The van der Waals surface area contributed by atoms with E-state index in [1.165, 1.54) is 96.2 Å². The van der Waals surface area contributed by atoms with Gasteiger partial charge in [0.2, 0.25) is 10.4 Å². The molecule has 0 aromatic heterocycles. The lowest BCUT2D eigenvalue weighted by Crippen LogP contribution is -2.52. The maximum absolute atomic E-state index is 9.45. The largest absolute Gasteiger partial charge is 0.726 e. The minimum Gasteiger partial charge on any atom is -0.726 e. The minimum atomic E-state index is -4.42. The van der Waals surface area contributed by atoms with Crippen LogP contribution in [0.25, 0.3) is 0 Å². The van der Waals surface area contributed by atoms with Crippen LogP contribution in [-0.2, 0) is 14.6 Å². The third kappa shape index (κ3) is 17.8. The summed E-state index contributed by atoms with van der Waals surface area (Å²) in [5.41, 5.74) is 0. The lowest BCUT2D eigenvalue weighted by Gasteiger charge is -2.33. The molecule has 0 fully saturated rings. The fourth-order valence-electron chi connectivity index (χ4n) is 4.64. The van der Waals surface area contributed by atoms with E-state index in [-0.39, 0.29) is 13.2 Å². The van der Waals surface area contributed by atoms with Crippen molar-refractivity contribution < 1.29 is 26.7 Å². The maximum Gasteiger partial charge on any atom is 0.217 e. The van der Waals surface area contributed by atoms with E-state index in [1.807, 2.05) is 0 Å². The summed E-state index contributed by atoms with van der Waals surface area (Å²) in [6.07, 6.45) is 19.5. The van der Waals surface area contributed by atoms with Crippen LogP contribution >= 0.6 is 0 Å². The number of likely N-dealkylation sites (N-methyl/N-ethyl adjacent to an activating group) is 1. The van der Waals surface area contributed by atoms with Gasteiger partial charge in [-0.1, -0.05) is 90.9 Å². The number of unbranched alkanes of at least 4 members (excludes halogenated alkanes) is 11. The number of aliphatic hydroxyl groups excluding tert-OH is 1. The number of nitrogens with zero attached hydrogens (tertiary/aromatic N) is 2. The third-order valence-corrected chi connectivity index (χ3v) is 7.22. The molecule has 1 aliphatic heterocycles. The summed E-state index contributed by atoms with van der Waals surface area (Å²) in [6.45, 7) is 12.5. The Kier molecular flexibility index (Phi) is 20.3. The van der Waals surface area contributed by atoms with Crippen LogP contribution < -0.4 is 0 Å². The van der Waals surface area contributed by atoms with E-state index in [0.717, 1.165) is 43.0 Å². The number of rotatable bonds is 20. The highest BCUT2D eigenvalue weighted by Gasteiger charge is 2.35. The number of aliphatic imine (C=N–C) groups is 1. The average Bonchev–Trinajstić information content (AvgIpc) is 3.16. The topological polar surface area (TPSA) is 99.0 Å². The predicted octanol–water partition coefficient (Wildman–Crippen LogP) is 5.83. The molecule has 34 heavy (non-hydrogen) atoms. The van der Waals surface area contributed by atoms with Crippen molar-refractivity contribution in [2.75, 3.05) is 39.4 Å². The minimum absolute atomic E-state index is 0.0914. The van der Waals surface area contributed by atoms with Crippen molar-refractivity contribution >= 4 is 16.2 Å². The molecule has 0 aliphatic carbocycles. The molecular weight excluding hydrogens is 452 g/mol. The Hall–Kier alpha value is -0.540. The first-order valence-corrected chi connectivity index (χ1v) is 15.1. The van der Waals surface area contributed by atoms with Gasteiger partial charge in [-0.2, -0.15) is 0 Å². The van der Waals surface area contributed by atoms with Crippen molar-refractivity contribution in [3.63, 3.8) is 0 Å². The van der Waals surface area contributed by atoms with Crippen LogP contribution in [-0.4, -0.2) is 67.8 Å². The Morgan fingerprint density at radius 1 is 0.941 bits per heavy atom. The second kappa shape index (κ2) is 20.6. The van der Waals surface area contributed by atoms with E-state index in [2.05, 4.69) is 25.0 Å². The van der Waals surface area contributed by atoms with Crippen molar-refractivity contribution in [1.29, 1.82) is 0 Å². The summed E-state index contributed by atoms with van der Waals surface area (Å²) in [7, 11) is -4.42. The molecule has 204 valence electrons. The molecule has 0 amide bonds. The molecule has 0 spiro atoms. The number of amidine groups is 1. The summed E-state index contributed by atoms with van der Waals surface area (Å²) in [6, 6.07) is 0. The summed E-state index contributed by atoms with van der Waals surface area (Å²) >= 11 is 0. The second-order valence-electron chi connectivity index (χ2n) is 9.92. The normalized spacial score (nSPS) is 18.1. The van der Waals surface area contributed by atoms with Crippen LogP contribution in [0, 0.1) is 5.92 Å². The highest BCUT2D eigenvalue weighted by Crippen LogP contribution is 2.20. The Morgan fingerprint density at radius 2 is 1.44 bits per heavy atom. The molecule has 0 saturated heterocycles. The number of hydrogen-bond acceptors (Lipinski definition) is 6. The smallest absolute Gasteiger partial charge is 0.217 e. The highest BCUT2D eigenvalue weighted by atomic mass is 32.3. The van der Waals surface area contributed by atoms with Crippen molar-refractivity contribution in [3.05, 3.63) is 0 Å². The molecule has 7 nitrogen and oxygen atoms in total. The van der Waals surface area contributed by atoms with Gasteiger partial charge >= 0.3 is 0 Å². The highest BCUT2D eigenvalue weighted by molar-refractivity contribution is 7.80. The molecule has 0 aromatic rings. The molecule has 0 aromatic carbocycles. The second-order valence-corrected chi connectivity index (χ2v) is 11.0. The van der Waals surface area contributed by atoms with Crippen molar-refractivity contribution in [1.82, 2.24) is 0 Å². The molecule has 0 bridgehead atoms. The van der Waals surface area contributed by atoms with Gasteiger partial charge in [-0.25, -0.2) is 13.4 Å². The van der Waals surface area contributed by atoms with Gasteiger partial charge in [0.25, 0.3) is 0 Å². The number of hydrogen-bond donors (Lipinski definition) is 1. The first-order chi connectivity index (χ1) is 16.2. The van der Waals surface area contributed by atoms with Gasteiger partial charge in [0.1, 0.15) is 13.1 Å². The van der Waals surface area contributed by atoms with E-state index in [1.54, 1.807) is 0 Å². The van der Waals surface area contributed by atoms with E-state index in [4.69, 9.17) is 4.99 Å². The van der Waals surface area contributed by atoms with Gasteiger partial charge in [0.05, 0.1) is 26.3 Å². The van der Waals surface area contributed by atoms with Crippen molar-refractivity contribution in [2.45, 2.75) is 118 Å². The molecule has 1 heterocycles.